The molecule has 1 aromatic heterocycles. The third-order valence-corrected chi connectivity index (χ3v) is 11.0. The fourth-order valence-corrected chi connectivity index (χ4v) is 8.67. The largest absolute Gasteiger partial charge is 0.460 e. The summed E-state index contributed by atoms with van der Waals surface area (Å²) in [6.07, 6.45) is 6.49. The van der Waals surface area contributed by atoms with Gasteiger partial charge in [-0.1, -0.05) is 146 Å². The lowest BCUT2D eigenvalue weighted by Gasteiger charge is -2.19. The molecule has 0 spiro atoms. The van der Waals surface area contributed by atoms with Crippen LogP contribution in [0.1, 0.15) is 17.7 Å². The van der Waals surface area contributed by atoms with Crippen LogP contribution in [0.4, 0.5) is 0 Å². The SMILES string of the molecule is C1=Cc2c(oc3c2cc(-c2ccc4c(-c5ccc6ccccc6c5)c5ccccc5c(-c5ccc6ccccc6c5)c4c2)c2ccccc23)CC1. The summed E-state index contributed by atoms with van der Waals surface area (Å²) in [5, 5.41) is 13.6. The van der Waals surface area contributed by atoms with E-state index in [0.717, 1.165) is 29.6 Å². The van der Waals surface area contributed by atoms with Gasteiger partial charge in [-0.2, -0.15) is 0 Å². The summed E-state index contributed by atoms with van der Waals surface area (Å²) < 4.78 is 6.57. The fourth-order valence-electron chi connectivity index (χ4n) is 8.67. The van der Waals surface area contributed by atoms with E-state index >= 15 is 0 Å². The van der Waals surface area contributed by atoms with Gasteiger partial charge in [-0.15, -0.1) is 0 Å². The van der Waals surface area contributed by atoms with Gasteiger partial charge in [0.2, 0.25) is 0 Å². The van der Waals surface area contributed by atoms with Crippen LogP contribution < -0.4 is 0 Å². The minimum absolute atomic E-state index is 0.944. The standard InChI is InChI=1S/C50H32O/c1-3-13-33-27-36(23-21-31(33)11-1)48-40-17-6-7-18-41(40)49(37-24-22-32-12-2-4-14-34(32)28-37)45-29-35(25-26-42(45)48)44-30-46-39-16-9-10-20-47(39)51-50(46)43-19-8-5-15-38(43)44/h1-9,11-19,21-30H,10,20H2. The molecule has 1 nitrogen and oxygen atoms in total. The number of hydrogen-bond donors (Lipinski definition) is 0. The molecule has 1 aliphatic carbocycles. The second kappa shape index (κ2) is 11.0. The summed E-state index contributed by atoms with van der Waals surface area (Å²) in [7, 11) is 0. The van der Waals surface area contributed by atoms with Gasteiger partial charge in [-0.25, -0.2) is 0 Å². The Morgan fingerprint density at radius 1 is 0.392 bits per heavy atom. The van der Waals surface area contributed by atoms with E-state index in [-0.39, 0.29) is 0 Å². The van der Waals surface area contributed by atoms with E-state index in [9.17, 15) is 0 Å². The van der Waals surface area contributed by atoms with Crippen molar-refractivity contribution in [3.05, 3.63) is 175 Å². The van der Waals surface area contributed by atoms with Crippen LogP contribution in [-0.2, 0) is 6.42 Å². The van der Waals surface area contributed by atoms with Gasteiger partial charge in [0.05, 0.1) is 0 Å². The molecule has 1 heteroatoms. The Morgan fingerprint density at radius 2 is 0.941 bits per heavy atom. The normalized spacial score (nSPS) is 12.9. The molecule has 0 unspecified atom stereocenters. The van der Waals surface area contributed by atoms with E-state index < -0.39 is 0 Å². The Labute approximate surface area is 295 Å². The molecule has 0 saturated carbocycles. The van der Waals surface area contributed by atoms with Gasteiger partial charge in [0, 0.05) is 22.8 Å². The average molecular weight is 649 g/mol. The number of aryl methyl sites for hydroxylation is 1. The van der Waals surface area contributed by atoms with Crippen LogP contribution in [0.2, 0.25) is 0 Å². The second-order valence-electron chi connectivity index (χ2n) is 13.9. The summed E-state index contributed by atoms with van der Waals surface area (Å²) in [5.41, 5.74) is 9.66. The van der Waals surface area contributed by atoms with Gasteiger partial charge in [0.25, 0.3) is 0 Å². The van der Waals surface area contributed by atoms with Crippen LogP contribution in [-0.4, -0.2) is 0 Å². The lowest BCUT2D eigenvalue weighted by Crippen LogP contribution is -1.92. The van der Waals surface area contributed by atoms with E-state index in [2.05, 4.69) is 170 Å². The Hall–Kier alpha value is -6.44. The van der Waals surface area contributed by atoms with Crippen molar-refractivity contribution in [1.82, 2.24) is 0 Å². The lowest BCUT2D eigenvalue weighted by atomic mass is 9.83. The number of furan rings is 1. The van der Waals surface area contributed by atoms with Gasteiger partial charge >= 0.3 is 0 Å². The Morgan fingerprint density at radius 3 is 1.63 bits per heavy atom. The molecule has 11 rings (SSSR count). The Balaban J connectivity index is 1.26. The minimum Gasteiger partial charge on any atom is -0.460 e. The first-order valence-corrected chi connectivity index (χ1v) is 17.9. The van der Waals surface area contributed by atoms with E-state index in [1.807, 2.05) is 0 Å². The van der Waals surface area contributed by atoms with Crippen molar-refractivity contribution in [2.75, 3.05) is 0 Å². The molecular weight excluding hydrogens is 617 g/mol. The zero-order valence-corrected chi connectivity index (χ0v) is 28.0. The molecule has 9 aromatic carbocycles. The smallest absolute Gasteiger partial charge is 0.142 e. The maximum absolute atomic E-state index is 6.57. The molecule has 0 radical (unpaired) electrons. The predicted octanol–water partition coefficient (Wildman–Crippen LogP) is 14.2. The van der Waals surface area contributed by atoms with Crippen LogP contribution in [0.15, 0.2) is 168 Å². The molecular formula is C50H32O. The first-order chi connectivity index (χ1) is 25.3. The zero-order valence-electron chi connectivity index (χ0n) is 28.0. The fraction of sp³-hybridized carbons (Fsp3) is 0.0400. The minimum atomic E-state index is 0.944. The zero-order chi connectivity index (χ0) is 33.5. The molecule has 0 aliphatic heterocycles. The Kier molecular flexibility index (Phi) is 6.15. The van der Waals surface area contributed by atoms with Gasteiger partial charge in [-0.05, 0) is 113 Å². The number of benzene rings is 9. The van der Waals surface area contributed by atoms with E-state index in [1.165, 1.54) is 92.8 Å². The first kappa shape index (κ1) is 28.4. The van der Waals surface area contributed by atoms with Crippen LogP contribution in [0.5, 0.6) is 0 Å². The quantitative estimate of drug-likeness (QED) is 0.174. The number of allylic oxidation sites excluding steroid dienone is 1. The highest BCUT2D eigenvalue weighted by Crippen LogP contribution is 2.47. The molecule has 0 N–H and O–H groups in total. The summed E-state index contributed by atoms with van der Waals surface area (Å²) in [5.74, 6) is 1.10. The van der Waals surface area contributed by atoms with Crippen LogP contribution in [0.25, 0.3) is 104 Å². The van der Waals surface area contributed by atoms with E-state index in [4.69, 9.17) is 4.42 Å². The number of hydrogen-bond acceptors (Lipinski definition) is 1. The molecule has 238 valence electrons. The third-order valence-electron chi connectivity index (χ3n) is 11.0. The van der Waals surface area contributed by atoms with Crippen molar-refractivity contribution in [3.63, 3.8) is 0 Å². The van der Waals surface area contributed by atoms with Gasteiger partial charge in [-0.3, -0.25) is 0 Å². The predicted molar refractivity (Wildman–Crippen MR) is 217 cm³/mol. The lowest BCUT2D eigenvalue weighted by molar-refractivity contribution is 0.549. The highest BCUT2D eigenvalue weighted by Gasteiger charge is 2.21. The second-order valence-corrected chi connectivity index (χ2v) is 13.9. The van der Waals surface area contributed by atoms with Crippen LogP contribution in [0, 0.1) is 0 Å². The van der Waals surface area contributed by atoms with Crippen LogP contribution >= 0.6 is 0 Å². The van der Waals surface area contributed by atoms with Gasteiger partial charge < -0.3 is 4.42 Å². The molecule has 0 fully saturated rings. The van der Waals surface area contributed by atoms with Crippen molar-refractivity contribution in [2.24, 2.45) is 0 Å². The average Bonchev–Trinajstić information content (AvgIpc) is 3.58. The van der Waals surface area contributed by atoms with Crippen molar-refractivity contribution < 1.29 is 4.42 Å². The molecule has 51 heavy (non-hydrogen) atoms. The number of fused-ring (bicyclic) bond motifs is 9. The molecule has 1 aliphatic rings. The van der Waals surface area contributed by atoms with Gasteiger partial charge in [0.1, 0.15) is 11.3 Å². The van der Waals surface area contributed by atoms with Crippen molar-refractivity contribution in [2.45, 2.75) is 12.8 Å². The molecule has 1 heterocycles. The van der Waals surface area contributed by atoms with Crippen molar-refractivity contribution in [3.8, 4) is 33.4 Å². The van der Waals surface area contributed by atoms with Gasteiger partial charge in [0.15, 0.2) is 0 Å². The topological polar surface area (TPSA) is 13.1 Å². The van der Waals surface area contributed by atoms with Crippen molar-refractivity contribution >= 4 is 70.9 Å². The van der Waals surface area contributed by atoms with Crippen molar-refractivity contribution in [1.29, 1.82) is 0 Å². The van der Waals surface area contributed by atoms with E-state index in [1.54, 1.807) is 0 Å². The molecule has 0 saturated heterocycles. The third kappa shape index (κ3) is 4.35. The molecule has 0 amide bonds. The summed E-state index contributed by atoms with van der Waals surface area (Å²) in [6.45, 7) is 0. The summed E-state index contributed by atoms with van der Waals surface area (Å²) >= 11 is 0. The highest BCUT2D eigenvalue weighted by molar-refractivity contribution is 6.23. The maximum Gasteiger partial charge on any atom is 0.142 e. The molecule has 0 atom stereocenters. The Bertz CT molecular complexity index is 3080. The monoisotopic (exact) mass is 648 g/mol. The maximum atomic E-state index is 6.57. The number of rotatable bonds is 3. The first-order valence-electron chi connectivity index (χ1n) is 17.9. The van der Waals surface area contributed by atoms with Crippen LogP contribution in [0.3, 0.4) is 0 Å². The summed E-state index contributed by atoms with van der Waals surface area (Å²) in [6, 6.07) is 58.4. The molecule has 0 bridgehead atoms. The van der Waals surface area contributed by atoms with E-state index in [0.29, 0.717) is 0 Å². The highest BCUT2D eigenvalue weighted by atomic mass is 16.3. The molecule has 10 aromatic rings. The summed E-state index contributed by atoms with van der Waals surface area (Å²) in [4.78, 5) is 0.